The van der Waals surface area contributed by atoms with Crippen molar-refractivity contribution < 1.29 is 9.59 Å². The van der Waals surface area contributed by atoms with Crippen LogP contribution in [-0.4, -0.2) is 18.2 Å². The van der Waals surface area contributed by atoms with Crippen LogP contribution in [0.5, 0.6) is 0 Å². The van der Waals surface area contributed by atoms with Crippen LogP contribution in [0.2, 0.25) is 0 Å². The van der Waals surface area contributed by atoms with Gasteiger partial charge in [-0.2, -0.15) is 0 Å². The van der Waals surface area contributed by atoms with Crippen molar-refractivity contribution in [1.29, 1.82) is 0 Å². The molecular formula is C8H13NO2. The molecule has 1 N–H and O–H groups in total. The van der Waals surface area contributed by atoms with Crippen molar-refractivity contribution in [3.05, 3.63) is 12.2 Å². The van der Waals surface area contributed by atoms with Crippen LogP contribution in [-0.2, 0) is 9.59 Å². The van der Waals surface area contributed by atoms with Gasteiger partial charge in [-0.25, -0.2) is 0 Å². The number of allylic oxidation sites excluding steroid dienone is 1. The third-order valence-electron chi connectivity index (χ3n) is 1.06. The Kier molecular flexibility index (Phi) is 5.07. The van der Waals surface area contributed by atoms with Gasteiger partial charge >= 0.3 is 0 Å². The van der Waals surface area contributed by atoms with Gasteiger partial charge in [-0.05, 0) is 13.8 Å². The van der Waals surface area contributed by atoms with Gasteiger partial charge < -0.3 is 5.32 Å². The standard InChI is InChI=1S/C8H13NO2/c1-3-4-5-9-8(11)6-7(2)10/h3-4H,5-6H2,1-2H3,(H,9,11). The highest BCUT2D eigenvalue weighted by atomic mass is 16.2. The summed E-state index contributed by atoms with van der Waals surface area (Å²) in [5, 5.41) is 2.57. The number of rotatable bonds is 4. The summed E-state index contributed by atoms with van der Waals surface area (Å²) in [5.41, 5.74) is 0. The number of Topliss-reactive ketones (excluding diaryl/α,β-unsaturated/α-hetero) is 1. The zero-order valence-electron chi connectivity index (χ0n) is 6.89. The van der Waals surface area contributed by atoms with Gasteiger partial charge in [-0.3, -0.25) is 9.59 Å². The normalized spacial score (nSPS) is 10.0. The van der Waals surface area contributed by atoms with Crippen molar-refractivity contribution in [2.24, 2.45) is 0 Å². The highest BCUT2D eigenvalue weighted by Gasteiger charge is 2.01. The van der Waals surface area contributed by atoms with E-state index in [-0.39, 0.29) is 18.1 Å². The lowest BCUT2D eigenvalue weighted by Crippen LogP contribution is -2.24. The minimum absolute atomic E-state index is 0.0163. The smallest absolute Gasteiger partial charge is 0.227 e. The van der Waals surface area contributed by atoms with Gasteiger partial charge in [0, 0.05) is 6.54 Å². The highest BCUT2D eigenvalue weighted by Crippen LogP contribution is 1.80. The van der Waals surface area contributed by atoms with Crippen molar-refractivity contribution in [1.82, 2.24) is 5.32 Å². The third kappa shape index (κ3) is 6.77. The van der Waals surface area contributed by atoms with Gasteiger partial charge in [0.2, 0.25) is 5.91 Å². The second-order valence-corrected chi connectivity index (χ2v) is 2.25. The fourth-order valence-corrected chi connectivity index (χ4v) is 0.579. The number of amides is 1. The van der Waals surface area contributed by atoms with Gasteiger partial charge in [-0.15, -0.1) is 0 Å². The Bertz CT molecular complexity index is 173. The number of ketones is 1. The molecule has 0 bridgehead atoms. The van der Waals surface area contributed by atoms with E-state index in [9.17, 15) is 9.59 Å². The summed E-state index contributed by atoms with van der Waals surface area (Å²) in [6, 6.07) is 0. The first kappa shape index (κ1) is 9.88. The molecule has 0 saturated carbocycles. The Labute approximate surface area is 66.5 Å². The van der Waals surface area contributed by atoms with Crippen molar-refractivity contribution in [2.75, 3.05) is 6.54 Å². The second kappa shape index (κ2) is 5.65. The maximum absolute atomic E-state index is 10.8. The molecule has 0 aliphatic heterocycles. The third-order valence-corrected chi connectivity index (χ3v) is 1.06. The summed E-state index contributed by atoms with van der Waals surface area (Å²) in [7, 11) is 0. The lowest BCUT2D eigenvalue weighted by Gasteiger charge is -1.97. The monoisotopic (exact) mass is 155 g/mol. The fraction of sp³-hybridized carbons (Fsp3) is 0.500. The molecular weight excluding hydrogens is 142 g/mol. The van der Waals surface area contributed by atoms with Crippen LogP contribution in [0.25, 0.3) is 0 Å². The number of nitrogens with one attached hydrogen (secondary N) is 1. The molecule has 0 heterocycles. The number of hydrogen-bond acceptors (Lipinski definition) is 2. The molecule has 0 aromatic carbocycles. The Morgan fingerprint density at radius 2 is 2.09 bits per heavy atom. The van der Waals surface area contributed by atoms with Gasteiger partial charge in [-0.1, -0.05) is 12.2 Å². The Hall–Kier alpha value is -1.12. The van der Waals surface area contributed by atoms with Gasteiger partial charge in [0.05, 0.1) is 6.42 Å². The van der Waals surface area contributed by atoms with E-state index in [0.717, 1.165) is 0 Å². The zero-order chi connectivity index (χ0) is 8.69. The van der Waals surface area contributed by atoms with Gasteiger partial charge in [0.1, 0.15) is 5.78 Å². The lowest BCUT2D eigenvalue weighted by molar-refractivity contribution is -0.127. The molecule has 0 fully saturated rings. The van der Waals surface area contributed by atoms with Crippen LogP contribution in [0.1, 0.15) is 20.3 Å². The van der Waals surface area contributed by atoms with Gasteiger partial charge in [0.25, 0.3) is 0 Å². The minimum Gasteiger partial charge on any atom is -0.352 e. The summed E-state index contributed by atoms with van der Waals surface area (Å²) in [6.45, 7) is 3.77. The molecule has 0 unspecified atom stereocenters. The van der Waals surface area contributed by atoms with Crippen LogP contribution < -0.4 is 5.32 Å². The second-order valence-electron chi connectivity index (χ2n) is 2.25. The highest BCUT2D eigenvalue weighted by molar-refractivity contribution is 5.96. The predicted molar refractivity (Wildman–Crippen MR) is 43.1 cm³/mol. The first-order chi connectivity index (χ1) is 5.16. The van der Waals surface area contributed by atoms with Crippen molar-refractivity contribution in [2.45, 2.75) is 20.3 Å². The van der Waals surface area contributed by atoms with E-state index in [1.807, 2.05) is 19.1 Å². The van der Waals surface area contributed by atoms with E-state index < -0.39 is 0 Å². The molecule has 0 aromatic heterocycles. The molecule has 0 spiro atoms. The van der Waals surface area contributed by atoms with E-state index >= 15 is 0 Å². The van der Waals surface area contributed by atoms with E-state index in [1.54, 1.807) is 0 Å². The minimum atomic E-state index is -0.212. The molecule has 0 aliphatic rings. The SMILES string of the molecule is CC=CCNC(=O)CC(C)=O. The zero-order valence-corrected chi connectivity index (χ0v) is 6.89. The summed E-state index contributed by atoms with van der Waals surface area (Å²) in [6.07, 6.45) is 3.64. The van der Waals surface area contributed by atoms with Crippen LogP contribution in [0.15, 0.2) is 12.2 Å². The molecule has 0 saturated heterocycles. The summed E-state index contributed by atoms with van der Waals surface area (Å²) < 4.78 is 0. The van der Waals surface area contributed by atoms with E-state index in [2.05, 4.69) is 5.32 Å². The number of hydrogen-bond donors (Lipinski definition) is 1. The molecule has 0 aliphatic carbocycles. The quantitative estimate of drug-likeness (QED) is 0.479. The molecule has 0 radical (unpaired) electrons. The molecule has 3 heteroatoms. The lowest BCUT2D eigenvalue weighted by atomic mass is 10.3. The van der Waals surface area contributed by atoms with Crippen LogP contribution in [0.3, 0.4) is 0 Å². The predicted octanol–water partition coefficient (Wildman–Crippen LogP) is 0.658. The maximum atomic E-state index is 10.8. The average Bonchev–Trinajstić information content (AvgIpc) is 1.86. The van der Waals surface area contributed by atoms with E-state index in [4.69, 9.17) is 0 Å². The molecule has 0 aromatic rings. The van der Waals surface area contributed by atoms with Crippen LogP contribution >= 0.6 is 0 Å². The van der Waals surface area contributed by atoms with Crippen molar-refractivity contribution in [3.8, 4) is 0 Å². The topological polar surface area (TPSA) is 46.2 Å². The molecule has 0 atom stereocenters. The first-order valence-corrected chi connectivity index (χ1v) is 3.54. The van der Waals surface area contributed by atoms with Gasteiger partial charge in [0.15, 0.2) is 0 Å². The summed E-state index contributed by atoms with van der Waals surface area (Å²) in [4.78, 5) is 21.2. The molecule has 62 valence electrons. The number of carbonyl (C=O) groups excluding carboxylic acids is 2. The van der Waals surface area contributed by atoms with Crippen molar-refractivity contribution in [3.63, 3.8) is 0 Å². The van der Waals surface area contributed by atoms with Crippen molar-refractivity contribution >= 4 is 11.7 Å². The van der Waals surface area contributed by atoms with Crippen LogP contribution in [0, 0.1) is 0 Å². The Morgan fingerprint density at radius 3 is 2.55 bits per heavy atom. The molecule has 11 heavy (non-hydrogen) atoms. The van der Waals surface area contributed by atoms with E-state index in [1.165, 1.54) is 6.92 Å². The number of carbonyl (C=O) groups is 2. The molecule has 3 nitrogen and oxygen atoms in total. The van der Waals surface area contributed by atoms with E-state index in [0.29, 0.717) is 6.54 Å². The molecule has 1 amide bonds. The average molecular weight is 155 g/mol. The summed E-state index contributed by atoms with van der Waals surface area (Å²) >= 11 is 0. The fourth-order valence-electron chi connectivity index (χ4n) is 0.579. The first-order valence-electron chi connectivity index (χ1n) is 3.54. The molecule has 0 rings (SSSR count). The summed E-state index contributed by atoms with van der Waals surface area (Å²) in [5.74, 6) is -0.321. The Morgan fingerprint density at radius 1 is 1.45 bits per heavy atom. The maximum Gasteiger partial charge on any atom is 0.227 e. The largest absolute Gasteiger partial charge is 0.352 e. The Balaban J connectivity index is 3.45. The van der Waals surface area contributed by atoms with Crippen LogP contribution in [0.4, 0.5) is 0 Å².